The number of rotatable bonds is 8. The Labute approximate surface area is 200 Å². The molecule has 4 heterocycles. The maximum atomic E-state index is 13.6. The average Bonchev–Trinajstić information content (AvgIpc) is 3.62. The summed E-state index contributed by atoms with van der Waals surface area (Å²) in [5.41, 5.74) is 4.34. The summed E-state index contributed by atoms with van der Waals surface area (Å²) in [6, 6.07) is 9.82. The first-order chi connectivity index (χ1) is 17.1. The highest BCUT2D eigenvalue weighted by Crippen LogP contribution is 2.32. The molecule has 0 radical (unpaired) electrons. The average molecular weight is 472 g/mol. The number of hydrogen-bond acceptors (Lipinski definition) is 8. The van der Waals surface area contributed by atoms with E-state index in [4.69, 9.17) is 0 Å². The molecule has 0 bridgehead atoms. The smallest absolute Gasteiger partial charge is 0.291 e. The number of H-pyrrole nitrogens is 1. The highest BCUT2D eigenvalue weighted by atomic mass is 16.2. The summed E-state index contributed by atoms with van der Waals surface area (Å²) in [6.45, 7) is 6.37. The van der Waals surface area contributed by atoms with Gasteiger partial charge in [0.15, 0.2) is 5.82 Å². The lowest BCUT2D eigenvalue weighted by molar-refractivity contribution is 0.502. The van der Waals surface area contributed by atoms with E-state index in [0.717, 1.165) is 40.8 Å². The lowest BCUT2D eigenvalue weighted by Crippen LogP contribution is -2.27. The molecule has 4 aromatic heterocycles. The van der Waals surface area contributed by atoms with Gasteiger partial charge in [0.25, 0.3) is 5.95 Å². The second-order valence-corrected chi connectivity index (χ2v) is 8.45. The zero-order valence-corrected chi connectivity index (χ0v) is 19.7. The predicted octanol–water partition coefficient (Wildman–Crippen LogP) is 2.45. The van der Waals surface area contributed by atoms with Gasteiger partial charge in [0, 0.05) is 29.8 Å². The Kier molecular flexibility index (Phi) is 6.00. The molecule has 0 unspecified atom stereocenters. The molecule has 1 N–H and O–H groups in total. The van der Waals surface area contributed by atoms with Crippen LogP contribution in [0.2, 0.25) is 0 Å². The van der Waals surface area contributed by atoms with Gasteiger partial charge >= 0.3 is 5.69 Å². The Hall–Kier alpha value is -4.48. The molecule has 1 aromatic carbocycles. The first-order valence-corrected chi connectivity index (χ1v) is 11.4. The van der Waals surface area contributed by atoms with Crippen LogP contribution in [0, 0.1) is 0 Å². The van der Waals surface area contributed by atoms with Crippen LogP contribution in [-0.4, -0.2) is 54.9 Å². The molecular weight excluding hydrogens is 446 g/mol. The predicted molar refractivity (Wildman–Crippen MR) is 128 cm³/mol. The van der Waals surface area contributed by atoms with Gasteiger partial charge in [-0.25, -0.2) is 19.1 Å². The van der Waals surface area contributed by atoms with Gasteiger partial charge in [-0.05, 0) is 63.9 Å². The number of nitrogens with zero attached hydrogens (tertiary/aromatic N) is 10. The molecule has 0 aliphatic rings. The first kappa shape index (κ1) is 22.3. The molecule has 0 saturated heterocycles. The lowest BCUT2D eigenvalue weighted by atomic mass is 9.96. The number of aryl methyl sites for hydroxylation is 1. The second kappa shape index (κ2) is 9.41. The van der Waals surface area contributed by atoms with Crippen molar-refractivity contribution in [1.82, 2.24) is 54.9 Å². The molecule has 0 atom stereocenters. The van der Waals surface area contributed by atoms with Crippen LogP contribution in [0.15, 0.2) is 53.7 Å². The van der Waals surface area contributed by atoms with Crippen molar-refractivity contribution >= 4 is 0 Å². The van der Waals surface area contributed by atoms with Crippen molar-refractivity contribution in [3.8, 4) is 28.5 Å². The highest BCUT2D eigenvalue weighted by molar-refractivity contribution is 5.81. The summed E-state index contributed by atoms with van der Waals surface area (Å²) >= 11 is 0. The molecule has 0 amide bonds. The Morgan fingerprint density at radius 2 is 1.86 bits per heavy atom. The molecule has 178 valence electrons. The standard InChI is InChI=1S/C23H25N11O/c1-4-7-17-14-33(22-27-30-31-34(22)15(2)3)23(35)32(17)13-16-12-24-11-10-18(16)19-8-5-6-9-20(19)21-25-28-29-26-21/h5-6,8-12,14-15H,4,7,13H2,1-3H3,(H,25,26,28,29). The van der Waals surface area contributed by atoms with Gasteiger partial charge in [-0.15, -0.1) is 5.10 Å². The molecule has 12 heteroatoms. The minimum Gasteiger partial charge on any atom is -0.291 e. The van der Waals surface area contributed by atoms with Gasteiger partial charge in [0.05, 0.1) is 12.6 Å². The summed E-state index contributed by atoms with van der Waals surface area (Å²) in [5, 5.41) is 26.3. The summed E-state index contributed by atoms with van der Waals surface area (Å²) in [4.78, 5) is 18.0. The number of pyridine rings is 1. The quantitative estimate of drug-likeness (QED) is 0.364. The van der Waals surface area contributed by atoms with Crippen LogP contribution in [0.1, 0.15) is 44.5 Å². The second-order valence-electron chi connectivity index (χ2n) is 8.45. The van der Waals surface area contributed by atoms with Crippen LogP contribution >= 0.6 is 0 Å². The van der Waals surface area contributed by atoms with E-state index in [1.54, 1.807) is 21.6 Å². The van der Waals surface area contributed by atoms with Gasteiger partial charge in [0.2, 0.25) is 0 Å². The van der Waals surface area contributed by atoms with Crippen LogP contribution in [0.5, 0.6) is 0 Å². The lowest BCUT2D eigenvalue weighted by Gasteiger charge is -2.14. The fraction of sp³-hybridized carbons (Fsp3) is 0.304. The van der Waals surface area contributed by atoms with Crippen molar-refractivity contribution in [2.45, 2.75) is 46.2 Å². The maximum absolute atomic E-state index is 13.6. The van der Waals surface area contributed by atoms with E-state index in [0.29, 0.717) is 18.3 Å². The Morgan fingerprint density at radius 1 is 1.03 bits per heavy atom. The molecule has 0 fully saturated rings. The highest BCUT2D eigenvalue weighted by Gasteiger charge is 2.20. The van der Waals surface area contributed by atoms with Gasteiger partial charge in [-0.1, -0.05) is 42.7 Å². The number of tetrazole rings is 2. The van der Waals surface area contributed by atoms with Crippen molar-refractivity contribution in [2.24, 2.45) is 0 Å². The van der Waals surface area contributed by atoms with Crippen LogP contribution in [0.25, 0.3) is 28.5 Å². The fourth-order valence-corrected chi connectivity index (χ4v) is 4.16. The fourth-order valence-electron chi connectivity index (χ4n) is 4.16. The normalized spacial score (nSPS) is 11.4. The van der Waals surface area contributed by atoms with Crippen molar-refractivity contribution < 1.29 is 0 Å². The number of benzene rings is 1. The third-order valence-corrected chi connectivity index (χ3v) is 5.80. The van der Waals surface area contributed by atoms with Crippen LogP contribution in [0.3, 0.4) is 0 Å². The van der Waals surface area contributed by atoms with E-state index in [9.17, 15) is 4.79 Å². The zero-order chi connectivity index (χ0) is 24.4. The minimum atomic E-state index is -0.201. The third-order valence-electron chi connectivity index (χ3n) is 5.80. The number of nitrogens with one attached hydrogen (secondary N) is 1. The Bertz CT molecular complexity index is 1490. The Balaban J connectivity index is 1.61. The van der Waals surface area contributed by atoms with E-state index >= 15 is 0 Å². The molecule has 0 aliphatic carbocycles. The Morgan fingerprint density at radius 3 is 2.60 bits per heavy atom. The summed E-state index contributed by atoms with van der Waals surface area (Å²) < 4.78 is 4.93. The van der Waals surface area contributed by atoms with Gasteiger partial charge in [0.1, 0.15) is 0 Å². The van der Waals surface area contributed by atoms with Gasteiger partial charge in [-0.3, -0.25) is 9.55 Å². The first-order valence-electron chi connectivity index (χ1n) is 11.4. The van der Waals surface area contributed by atoms with E-state index in [-0.39, 0.29) is 11.7 Å². The van der Waals surface area contributed by atoms with Gasteiger partial charge in [-0.2, -0.15) is 0 Å². The molecule has 0 spiro atoms. The number of imidazole rings is 1. The van der Waals surface area contributed by atoms with Crippen LogP contribution in [0.4, 0.5) is 0 Å². The SMILES string of the molecule is CCCc1cn(-c2nnnn2C(C)C)c(=O)n1Cc1cnccc1-c1ccccc1-c1nnn[nH]1. The monoisotopic (exact) mass is 471 g/mol. The molecule has 5 aromatic rings. The van der Waals surface area contributed by atoms with Gasteiger partial charge < -0.3 is 0 Å². The van der Waals surface area contributed by atoms with Crippen LogP contribution in [-0.2, 0) is 13.0 Å². The largest absolute Gasteiger partial charge is 0.335 e. The summed E-state index contributed by atoms with van der Waals surface area (Å²) in [6.07, 6.45) is 7.00. The molecular formula is C23H25N11O. The van der Waals surface area contributed by atoms with E-state index in [1.165, 1.54) is 4.57 Å². The number of aromatic nitrogens is 11. The summed E-state index contributed by atoms with van der Waals surface area (Å²) in [5.74, 6) is 0.967. The maximum Gasteiger partial charge on any atom is 0.335 e. The third kappa shape index (κ3) is 4.14. The number of aromatic amines is 1. The summed E-state index contributed by atoms with van der Waals surface area (Å²) in [7, 11) is 0. The molecule has 0 saturated carbocycles. The van der Waals surface area contributed by atoms with Crippen molar-refractivity contribution in [2.75, 3.05) is 0 Å². The van der Waals surface area contributed by atoms with Crippen LogP contribution < -0.4 is 5.69 Å². The topological polar surface area (TPSA) is 138 Å². The van der Waals surface area contributed by atoms with Crippen molar-refractivity contribution in [3.63, 3.8) is 0 Å². The van der Waals surface area contributed by atoms with E-state index < -0.39 is 0 Å². The minimum absolute atomic E-state index is 0.0110. The van der Waals surface area contributed by atoms with Crippen molar-refractivity contribution in [3.05, 3.63) is 70.7 Å². The van der Waals surface area contributed by atoms with E-state index in [1.807, 2.05) is 50.4 Å². The van der Waals surface area contributed by atoms with E-state index in [2.05, 4.69) is 48.1 Å². The molecule has 0 aliphatic heterocycles. The zero-order valence-electron chi connectivity index (χ0n) is 19.7. The molecule has 5 rings (SSSR count). The molecule has 35 heavy (non-hydrogen) atoms. The molecule has 12 nitrogen and oxygen atoms in total. The van der Waals surface area contributed by atoms with Crippen molar-refractivity contribution in [1.29, 1.82) is 0 Å². The number of hydrogen-bond donors (Lipinski definition) is 1.